The molecule has 2 N–H and O–H groups in total. The minimum Gasteiger partial charge on any atom is -0.495 e. The van der Waals surface area contributed by atoms with Gasteiger partial charge in [-0.2, -0.15) is 0 Å². The number of methoxy groups -OCH3 is 1. The quantitative estimate of drug-likeness (QED) is 0.620. The Balaban J connectivity index is 1.61. The molecule has 4 aliphatic heterocycles. The summed E-state index contributed by atoms with van der Waals surface area (Å²) < 4.78 is 17.4. The highest BCUT2D eigenvalue weighted by Gasteiger charge is 2.41. The lowest BCUT2D eigenvalue weighted by atomic mass is 9.85. The lowest BCUT2D eigenvalue weighted by Crippen LogP contribution is -2.55. The molecule has 8 heteroatoms. The van der Waals surface area contributed by atoms with Crippen molar-refractivity contribution in [2.24, 2.45) is 5.92 Å². The first-order chi connectivity index (χ1) is 16.2. The van der Waals surface area contributed by atoms with Crippen molar-refractivity contribution < 1.29 is 24.1 Å². The van der Waals surface area contributed by atoms with Crippen LogP contribution in [0.5, 0.6) is 5.75 Å². The fourth-order valence-electron chi connectivity index (χ4n) is 4.97. The number of rotatable bonds is 1. The second-order valence-electron chi connectivity index (χ2n) is 9.66. The van der Waals surface area contributed by atoms with E-state index in [9.17, 15) is 9.90 Å². The lowest BCUT2D eigenvalue weighted by molar-refractivity contribution is -0.231. The number of benzene rings is 1. The predicted molar refractivity (Wildman–Crippen MR) is 132 cm³/mol. The minimum atomic E-state index is -0.983. The van der Waals surface area contributed by atoms with Crippen LogP contribution in [-0.2, 0) is 20.7 Å². The van der Waals surface area contributed by atoms with Gasteiger partial charge in [-0.3, -0.25) is 10.1 Å². The Morgan fingerprint density at radius 2 is 1.97 bits per heavy atom. The molecular formula is C26H35ClN2O5. The van der Waals surface area contributed by atoms with E-state index in [2.05, 4.69) is 37.4 Å². The van der Waals surface area contributed by atoms with Crippen LogP contribution in [0.3, 0.4) is 0 Å². The molecule has 0 radical (unpaired) electrons. The van der Waals surface area contributed by atoms with E-state index in [-0.39, 0.29) is 42.6 Å². The van der Waals surface area contributed by atoms with E-state index >= 15 is 0 Å². The Kier molecular flexibility index (Phi) is 8.00. The number of carbonyl (C=O) groups excluding carboxylic acids is 1. The molecule has 4 aliphatic rings. The fraction of sp³-hybridized carbons (Fsp3) is 0.577. The third-order valence-electron chi connectivity index (χ3n) is 7.09. The molecule has 0 aromatic heterocycles. The molecule has 0 saturated carbocycles. The zero-order chi connectivity index (χ0) is 24.4. The van der Waals surface area contributed by atoms with E-state index in [4.69, 9.17) is 25.8 Å². The Labute approximate surface area is 206 Å². The van der Waals surface area contributed by atoms with Crippen molar-refractivity contribution in [3.05, 3.63) is 46.5 Å². The molecule has 6 atom stereocenters. The van der Waals surface area contributed by atoms with Crippen LogP contribution in [0.1, 0.15) is 45.1 Å². The molecule has 1 aromatic carbocycles. The SMILES string of the molecule is COc1cc2cc(c1Cl)N(C)C(=O)CC1C[C@@H](O1)[C@H](C)[C@@H]1CC(C/C=C/C=C(\C)C2)NC(O)O1. The highest BCUT2D eigenvalue weighted by molar-refractivity contribution is 6.35. The molecule has 1 amide bonds. The zero-order valence-electron chi connectivity index (χ0n) is 20.3. The molecule has 2 fully saturated rings. The number of allylic oxidation sites excluding steroid dienone is 3. The van der Waals surface area contributed by atoms with Crippen LogP contribution in [-0.4, -0.2) is 55.9 Å². The van der Waals surface area contributed by atoms with Gasteiger partial charge in [-0.15, -0.1) is 0 Å². The number of aliphatic hydroxyl groups is 1. The van der Waals surface area contributed by atoms with Gasteiger partial charge in [-0.1, -0.05) is 42.3 Å². The summed E-state index contributed by atoms with van der Waals surface area (Å²) >= 11 is 6.58. The second-order valence-corrected chi connectivity index (χ2v) is 10.0. The van der Waals surface area contributed by atoms with Crippen LogP contribution >= 0.6 is 11.6 Å². The Morgan fingerprint density at radius 3 is 2.71 bits per heavy atom. The summed E-state index contributed by atoms with van der Waals surface area (Å²) in [6, 6.07) is 4.00. The van der Waals surface area contributed by atoms with E-state index in [0.29, 0.717) is 22.9 Å². The number of carbonyl (C=O) groups is 1. The number of nitrogens with zero attached hydrogens (tertiary/aromatic N) is 1. The van der Waals surface area contributed by atoms with Gasteiger partial charge in [0.25, 0.3) is 0 Å². The fourth-order valence-corrected chi connectivity index (χ4v) is 5.29. The smallest absolute Gasteiger partial charge is 0.229 e. The van der Waals surface area contributed by atoms with Crippen molar-refractivity contribution in [2.45, 2.75) is 76.7 Å². The molecule has 1 aromatic rings. The molecule has 34 heavy (non-hydrogen) atoms. The predicted octanol–water partition coefficient (Wildman–Crippen LogP) is 3.97. The number of ether oxygens (including phenoxy) is 3. The first-order valence-corrected chi connectivity index (χ1v) is 12.3. The molecule has 5 rings (SSSR count). The number of hydrogen-bond donors (Lipinski definition) is 2. The van der Waals surface area contributed by atoms with Crippen LogP contribution in [0, 0.1) is 5.92 Å². The third kappa shape index (κ3) is 5.66. The topological polar surface area (TPSA) is 80.3 Å². The van der Waals surface area contributed by atoms with Crippen LogP contribution < -0.4 is 15.0 Å². The maximum absolute atomic E-state index is 13.1. The average molecular weight is 491 g/mol. The van der Waals surface area contributed by atoms with Crippen LogP contribution in [0.15, 0.2) is 35.9 Å². The summed E-state index contributed by atoms with van der Waals surface area (Å²) in [5.74, 6) is 0.611. The molecule has 186 valence electrons. The number of halogens is 1. The van der Waals surface area contributed by atoms with Crippen LogP contribution in [0.25, 0.3) is 0 Å². The van der Waals surface area contributed by atoms with Crippen molar-refractivity contribution in [1.82, 2.24) is 5.32 Å². The Hall–Kier alpha value is -1.90. The summed E-state index contributed by atoms with van der Waals surface area (Å²) in [4.78, 5) is 14.7. The lowest BCUT2D eigenvalue weighted by Gasteiger charge is -2.45. The van der Waals surface area contributed by atoms with E-state index < -0.39 is 6.41 Å². The van der Waals surface area contributed by atoms with Gasteiger partial charge in [0, 0.05) is 25.4 Å². The summed E-state index contributed by atoms with van der Waals surface area (Å²) in [6.45, 7) is 4.16. The molecule has 4 heterocycles. The normalized spacial score (nSPS) is 35.2. The molecule has 2 saturated heterocycles. The van der Waals surface area contributed by atoms with Crippen molar-refractivity contribution in [1.29, 1.82) is 0 Å². The van der Waals surface area contributed by atoms with Gasteiger partial charge in [0.1, 0.15) is 10.8 Å². The van der Waals surface area contributed by atoms with Crippen molar-refractivity contribution in [3.8, 4) is 5.75 Å². The molecule has 0 spiro atoms. The van der Waals surface area contributed by atoms with Gasteiger partial charge >= 0.3 is 0 Å². The van der Waals surface area contributed by atoms with Crippen molar-refractivity contribution in [3.63, 3.8) is 0 Å². The third-order valence-corrected chi connectivity index (χ3v) is 7.47. The van der Waals surface area contributed by atoms with Gasteiger partial charge in [0.05, 0.1) is 37.5 Å². The first kappa shape index (κ1) is 25.2. The van der Waals surface area contributed by atoms with E-state index in [0.717, 1.165) is 24.8 Å². The standard InChI is InChI=1S/C26H35ClN2O5/c1-15-7-5-6-8-18-12-21(34-26(31)28-18)16(2)22-13-19(33-22)14-24(30)29(3)20-10-17(9-15)11-23(32-4)25(20)27/h5-7,10-11,16,18-19,21-22,26,28,31H,8-9,12-14H2,1-4H3/b6-5+,15-7+/t16-,18?,19?,21+,22-,26?/m1/s1. The van der Waals surface area contributed by atoms with E-state index in [1.54, 1.807) is 19.1 Å². The number of anilines is 1. The van der Waals surface area contributed by atoms with Crippen LogP contribution in [0.2, 0.25) is 5.02 Å². The number of fused-ring (bicyclic) bond motifs is 5. The minimum absolute atomic E-state index is 0.00859. The first-order valence-electron chi connectivity index (χ1n) is 12.0. The molecule has 3 unspecified atom stereocenters. The maximum atomic E-state index is 13.1. The van der Waals surface area contributed by atoms with Gasteiger partial charge in [0.2, 0.25) is 12.3 Å². The van der Waals surface area contributed by atoms with Gasteiger partial charge in [-0.25, -0.2) is 0 Å². The van der Waals surface area contributed by atoms with Crippen molar-refractivity contribution >= 4 is 23.2 Å². The zero-order valence-corrected chi connectivity index (χ0v) is 21.0. The Bertz CT molecular complexity index is 959. The largest absolute Gasteiger partial charge is 0.495 e. The number of nitrogens with one attached hydrogen (secondary N) is 1. The van der Waals surface area contributed by atoms with Crippen LogP contribution in [0.4, 0.5) is 5.69 Å². The molecular weight excluding hydrogens is 456 g/mol. The number of hydrogen-bond acceptors (Lipinski definition) is 6. The Morgan fingerprint density at radius 1 is 1.24 bits per heavy atom. The van der Waals surface area contributed by atoms with Gasteiger partial charge in [0.15, 0.2) is 0 Å². The number of amides is 1. The summed E-state index contributed by atoms with van der Waals surface area (Å²) in [7, 11) is 3.32. The maximum Gasteiger partial charge on any atom is 0.229 e. The highest BCUT2D eigenvalue weighted by Crippen LogP contribution is 2.38. The highest BCUT2D eigenvalue weighted by atomic mass is 35.5. The molecule has 0 aliphatic carbocycles. The van der Waals surface area contributed by atoms with Crippen molar-refractivity contribution in [2.75, 3.05) is 19.1 Å². The number of aliphatic hydroxyl groups excluding tert-OH is 1. The van der Waals surface area contributed by atoms with Gasteiger partial charge < -0.3 is 24.2 Å². The molecule has 7 nitrogen and oxygen atoms in total. The van der Waals surface area contributed by atoms with E-state index in [1.165, 1.54) is 5.57 Å². The average Bonchev–Trinajstić information content (AvgIpc) is 2.78. The summed E-state index contributed by atoms with van der Waals surface area (Å²) in [6.07, 6.45) is 8.39. The van der Waals surface area contributed by atoms with Gasteiger partial charge in [-0.05, 0) is 43.9 Å². The molecule has 6 bridgehead atoms. The summed E-state index contributed by atoms with van der Waals surface area (Å²) in [5.41, 5.74) is 2.81. The second kappa shape index (κ2) is 10.8. The monoisotopic (exact) mass is 490 g/mol. The van der Waals surface area contributed by atoms with E-state index in [1.807, 2.05) is 12.1 Å². The summed E-state index contributed by atoms with van der Waals surface area (Å²) in [5, 5.41) is 13.7.